The maximum absolute atomic E-state index is 12.2. The van der Waals surface area contributed by atoms with E-state index in [2.05, 4.69) is 20.9 Å². The van der Waals surface area contributed by atoms with E-state index in [1.165, 1.54) is 12.1 Å². The molecule has 1 rings (SSSR count). The first-order valence-electron chi connectivity index (χ1n) is 3.14. The standard InChI is InChI=1S/C7H5BrClF2N/c8-3-5-4(7(10)11)1-2-6(9)12-5/h1-2,7H,3H2. The summed E-state index contributed by atoms with van der Waals surface area (Å²) in [5, 5.41) is 0.515. The zero-order valence-electron chi connectivity index (χ0n) is 5.90. The highest BCUT2D eigenvalue weighted by molar-refractivity contribution is 9.08. The zero-order valence-corrected chi connectivity index (χ0v) is 8.24. The van der Waals surface area contributed by atoms with Crippen LogP contribution in [0.2, 0.25) is 5.15 Å². The van der Waals surface area contributed by atoms with Crippen LogP contribution < -0.4 is 0 Å². The van der Waals surface area contributed by atoms with Crippen LogP contribution in [0, 0.1) is 0 Å². The minimum atomic E-state index is -2.50. The molecule has 0 aliphatic heterocycles. The van der Waals surface area contributed by atoms with Gasteiger partial charge in [-0.25, -0.2) is 13.8 Å². The second-order valence-electron chi connectivity index (χ2n) is 2.10. The van der Waals surface area contributed by atoms with Crippen LogP contribution in [0.3, 0.4) is 0 Å². The van der Waals surface area contributed by atoms with E-state index in [4.69, 9.17) is 11.6 Å². The zero-order chi connectivity index (χ0) is 9.14. The van der Waals surface area contributed by atoms with Crippen molar-refractivity contribution in [2.45, 2.75) is 11.8 Å². The Balaban J connectivity index is 3.11. The van der Waals surface area contributed by atoms with Gasteiger partial charge < -0.3 is 0 Å². The summed E-state index contributed by atoms with van der Waals surface area (Å²) < 4.78 is 24.5. The normalized spacial score (nSPS) is 10.8. The molecule has 0 N–H and O–H groups in total. The van der Waals surface area contributed by atoms with Gasteiger partial charge in [0.1, 0.15) is 5.15 Å². The fourth-order valence-electron chi connectivity index (χ4n) is 0.791. The van der Waals surface area contributed by atoms with Crippen molar-refractivity contribution in [3.63, 3.8) is 0 Å². The smallest absolute Gasteiger partial charge is 0.240 e. The van der Waals surface area contributed by atoms with Crippen molar-refractivity contribution in [2.24, 2.45) is 0 Å². The fraction of sp³-hybridized carbons (Fsp3) is 0.286. The molecule has 1 nitrogen and oxygen atoms in total. The van der Waals surface area contributed by atoms with Crippen molar-refractivity contribution in [1.29, 1.82) is 0 Å². The number of hydrogen-bond acceptors (Lipinski definition) is 1. The van der Waals surface area contributed by atoms with Crippen molar-refractivity contribution in [1.82, 2.24) is 4.98 Å². The van der Waals surface area contributed by atoms with Crippen molar-refractivity contribution in [2.75, 3.05) is 0 Å². The molecular formula is C7H5BrClF2N. The molecule has 1 heterocycles. The van der Waals surface area contributed by atoms with Crippen molar-refractivity contribution in [3.8, 4) is 0 Å². The minimum absolute atomic E-state index is 0.0729. The Bertz CT molecular complexity index is 280. The highest BCUT2D eigenvalue weighted by Crippen LogP contribution is 2.24. The molecule has 5 heteroatoms. The van der Waals surface area contributed by atoms with Crippen molar-refractivity contribution < 1.29 is 8.78 Å². The first-order chi connectivity index (χ1) is 5.65. The quantitative estimate of drug-likeness (QED) is 0.582. The third-order valence-electron chi connectivity index (χ3n) is 1.34. The van der Waals surface area contributed by atoms with Crippen LogP contribution in [0.1, 0.15) is 17.7 Å². The van der Waals surface area contributed by atoms with Crippen LogP contribution >= 0.6 is 27.5 Å². The Kier molecular flexibility index (Phi) is 3.40. The Morgan fingerprint density at radius 1 is 1.50 bits per heavy atom. The number of aromatic nitrogens is 1. The molecule has 1 aromatic heterocycles. The van der Waals surface area contributed by atoms with E-state index in [9.17, 15) is 8.78 Å². The molecule has 0 amide bonds. The number of pyridine rings is 1. The van der Waals surface area contributed by atoms with Gasteiger partial charge >= 0.3 is 0 Å². The number of nitrogens with zero attached hydrogens (tertiary/aromatic N) is 1. The molecule has 0 aliphatic carbocycles. The van der Waals surface area contributed by atoms with Crippen LogP contribution in [-0.4, -0.2) is 4.98 Å². The van der Waals surface area contributed by atoms with Gasteiger partial charge in [0.25, 0.3) is 6.43 Å². The van der Waals surface area contributed by atoms with Gasteiger partial charge in [-0.2, -0.15) is 0 Å². The van der Waals surface area contributed by atoms with Gasteiger partial charge in [0.05, 0.1) is 5.69 Å². The number of halogens is 4. The molecule has 0 radical (unpaired) electrons. The molecule has 0 fully saturated rings. The van der Waals surface area contributed by atoms with Crippen LogP contribution in [0.5, 0.6) is 0 Å². The Morgan fingerprint density at radius 3 is 2.67 bits per heavy atom. The molecule has 0 atom stereocenters. The minimum Gasteiger partial charge on any atom is -0.240 e. The third kappa shape index (κ3) is 2.14. The van der Waals surface area contributed by atoms with Crippen LogP contribution in [-0.2, 0) is 5.33 Å². The third-order valence-corrected chi connectivity index (χ3v) is 2.08. The molecule has 0 saturated carbocycles. The van der Waals surface area contributed by atoms with Crippen LogP contribution in [0.4, 0.5) is 8.78 Å². The van der Waals surface area contributed by atoms with Gasteiger partial charge in [-0.05, 0) is 12.1 Å². The summed E-state index contributed by atoms with van der Waals surface area (Å²) in [6.07, 6.45) is -2.50. The molecule has 1 aromatic rings. The maximum Gasteiger partial charge on any atom is 0.265 e. The van der Waals surface area contributed by atoms with E-state index in [-0.39, 0.29) is 21.7 Å². The largest absolute Gasteiger partial charge is 0.265 e. The number of alkyl halides is 3. The van der Waals surface area contributed by atoms with Gasteiger partial charge in [-0.15, -0.1) is 0 Å². The molecule has 0 aromatic carbocycles. The first-order valence-corrected chi connectivity index (χ1v) is 4.64. The van der Waals surface area contributed by atoms with Gasteiger partial charge in [0.15, 0.2) is 0 Å². The molecular weight excluding hydrogens is 251 g/mol. The fourth-order valence-corrected chi connectivity index (χ4v) is 1.41. The predicted octanol–water partition coefficient (Wildman–Crippen LogP) is 3.57. The van der Waals surface area contributed by atoms with Crippen LogP contribution in [0.25, 0.3) is 0 Å². The highest BCUT2D eigenvalue weighted by Gasteiger charge is 2.13. The van der Waals surface area contributed by atoms with E-state index >= 15 is 0 Å². The average Bonchev–Trinajstić information content (AvgIpc) is 2.03. The van der Waals surface area contributed by atoms with E-state index in [1.54, 1.807) is 0 Å². The number of rotatable bonds is 2. The van der Waals surface area contributed by atoms with Gasteiger partial charge in [0.2, 0.25) is 0 Å². The summed E-state index contributed by atoms with van der Waals surface area (Å²) in [7, 11) is 0. The summed E-state index contributed by atoms with van der Waals surface area (Å²) in [6, 6.07) is 2.64. The monoisotopic (exact) mass is 255 g/mol. The second kappa shape index (κ2) is 4.14. The summed E-state index contributed by atoms with van der Waals surface area (Å²) in [4.78, 5) is 3.75. The lowest BCUT2D eigenvalue weighted by Crippen LogP contribution is -1.95. The van der Waals surface area contributed by atoms with E-state index in [1.807, 2.05) is 0 Å². The van der Waals surface area contributed by atoms with E-state index in [0.717, 1.165) is 0 Å². The van der Waals surface area contributed by atoms with Gasteiger partial charge in [0, 0.05) is 10.9 Å². The number of hydrogen-bond donors (Lipinski definition) is 0. The van der Waals surface area contributed by atoms with Gasteiger partial charge in [-0.1, -0.05) is 27.5 Å². The Labute approximate surface area is 81.9 Å². The molecule has 66 valence electrons. The van der Waals surface area contributed by atoms with Crippen molar-refractivity contribution >= 4 is 27.5 Å². The van der Waals surface area contributed by atoms with Crippen LogP contribution in [0.15, 0.2) is 12.1 Å². The lowest BCUT2D eigenvalue weighted by Gasteiger charge is -2.04. The highest BCUT2D eigenvalue weighted by atomic mass is 79.9. The van der Waals surface area contributed by atoms with E-state index < -0.39 is 6.43 Å². The average molecular weight is 256 g/mol. The summed E-state index contributed by atoms with van der Waals surface area (Å²) in [6.45, 7) is 0. The molecule has 12 heavy (non-hydrogen) atoms. The summed E-state index contributed by atoms with van der Waals surface area (Å²) >= 11 is 8.58. The molecule has 0 unspecified atom stereocenters. The second-order valence-corrected chi connectivity index (χ2v) is 3.05. The molecule has 0 spiro atoms. The lowest BCUT2D eigenvalue weighted by molar-refractivity contribution is 0.150. The molecule has 0 bridgehead atoms. The SMILES string of the molecule is FC(F)c1ccc(Cl)nc1CBr. The topological polar surface area (TPSA) is 12.9 Å². The van der Waals surface area contributed by atoms with Gasteiger partial charge in [-0.3, -0.25) is 0 Å². The maximum atomic E-state index is 12.2. The van der Waals surface area contributed by atoms with Crippen molar-refractivity contribution in [3.05, 3.63) is 28.5 Å². The first kappa shape index (κ1) is 9.86. The summed E-state index contributed by atoms with van der Waals surface area (Å²) in [5.74, 6) is 0. The Morgan fingerprint density at radius 2 is 2.17 bits per heavy atom. The predicted molar refractivity (Wildman–Crippen MR) is 46.8 cm³/mol. The lowest BCUT2D eigenvalue weighted by atomic mass is 10.2. The Hall–Kier alpha value is -0.220. The molecule has 0 saturated heterocycles. The summed E-state index contributed by atoms with van der Waals surface area (Å²) in [5.41, 5.74) is 0.216. The van der Waals surface area contributed by atoms with E-state index in [0.29, 0.717) is 0 Å². The molecule has 0 aliphatic rings.